The van der Waals surface area contributed by atoms with Crippen molar-refractivity contribution >= 4 is 34.9 Å². The maximum Gasteiger partial charge on any atom is 0.201 e. The molecular weight excluding hydrogens is 508 g/mol. The van der Waals surface area contributed by atoms with Crippen molar-refractivity contribution in [1.82, 2.24) is 0 Å². The van der Waals surface area contributed by atoms with Gasteiger partial charge < -0.3 is 23.7 Å². The first-order chi connectivity index (χ1) is 18.3. The number of ether oxygens (including phenoxy) is 5. The maximum atomic E-state index is 14.1. The number of thioether (sulfide) groups is 2. The molecule has 3 aromatic carbocycles. The van der Waals surface area contributed by atoms with Crippen molar-refractivity contribution in [2.75, 3.05) is 52.9 Å². The van der Waals surface area contributed by atoms with Crippen LogP contribution in [0.25, 0.3) is 5.57 Å². The minimum atomic E-state index is -0.0950. The molecule has 0 fully saturated rings. The fraction of sp³-hybridized carbons (Fsp3) is 0.276. The number of hydrogen-bond donors (Lipinski definition) is 0. The lowest BCUT2D eigenvalue weighted by atomic mass is 9.81. The van der Waals surface area contributed by atoms with E-state index in [1.807, 2.05) is 36.4 Å². The summed E-state index contributed by atoms with van der Waals surface area (Å²) >= 11 is 3.48. The van der Waals surface area contributed by atoms with Crippen LogP contribution in [0.15, 0.2) is 74.7 Å². The van der Waals surface area contributed by atoms with E-state index in [0.29, 0.717) is 75.5 Å². The third-order valence-electron chi connectivity index (χ3n) is 6.22. The van der Waals surface area contributed by atoms with Crippen molar-refractivity contribution in [3.63, 3.8) is 0 Å². The fourth-order valence-electron chi connectivity index (χ4n) is 4.58. The Bertz CT molecular complexity index is 1260. The van der Waals surface area contributed by atoms with Gasteiger partial charge in [0.2, 0.25) is 5.78 Å². The first kappa shape index (κ1) is 24.6. The molecule has 6 nitrogen and oxygen atoms in total. The van der Waals surface area contributed by atoms with Crippen LogP contribution in [0.2, 0.25) is 0 Å². The van der Waals surface area contributed by atoms with Crippen LogP contribution in [0.3, 0.4) is 0 Å². The second-order valence-electron chi connectivity index (χ2n) is 8.53. The second-order valence-corrected chi connectivity index (χ2v) is 10.9. The van der Waals surface area contributed by atoms with Crippen molar-refractivity contribution in [2.24, 2.45) is 0 Å². The number of carbonyl (C=O) groups is 1. The monoisotopic (exact) mass is 534 g/mol. The highest BCUT2D eigenvalue weighted by atomic mass is 32.2. The van der Waals surface area contributed by atoms with Gasteiger partial charge in [0.1, 0.15) is 24.7 Å². The summed E-state index contributed by atoms with van der Waals surface area (Å²) in [6, 6.07) is 20.0. The minimum absolute atomic E-state index is 0.0950. The molecule has 0 atom stereocenters. The zero-order valence-corrected chi connectivity index (χ0v) is 21.8. The van der Waals surface area contributed by atoms with E-state index in [1.54, 1.807) is 23.5 Å². The molecule has 0 radical (unpaired) electrons. The average molecular weight is 535 g/mol. The highest BCUT2D eigenvalue weighted by Crippen LogP contribution is 2.57. The summed E-state index contributed by atoms with van der Waals surface area (Å²) in [4.78, 5) is 16.5. The molecule has 2 aliphatic heterocycles. The maximum absolute atomic E-state index is 14.1. The quantitative estimate of drug-likeness (QED) is 0.286. The Hall–Kier alpha value is -2.75. The van der Waals surface area contributed by atoms with Crippen molar-refractivity contribution in [2.45, 2.75) is 9.79 Å². The van der Waals surface area contributed by atoms with Crippen LogP contribution in [0.5, 0.6) is 11.5 Å². The largest absolute Gasteiger partial charge is 0.490 e. The van der Waals surface area contributed by atoms with Crippen molar-refractivity contribution in [3.8, 4) is 11.5 Å². The van der Waals surface area contributed by atoms with Crippen LogP contribution < -0.4 is 9.47 Å². The standard InChI is InChI=1S/C29H26O6S2/c30-28-26-19-5-3-7-21(26)34-17-15-32-13-11-31-12-14-33-16-18-35-22-8-4-6-20(27(22)28)25(19)29-36-23-9-1-2-10-24(23)37-29/h1-10H,11-18H2. The molecule has 0 amide bonds. The number of rotatable bonds is 0. The molecule has 190 valence electrons. The van der Waals surface area contributed by atoms with Gasteiger partial charge in [-0.1, -0.05) is 59.9 Å². The average Bonchev–Trinajstić information content (AvgIpc) is 3.34. The summed E-state index contributed by atoms with van der Waals surface area (Å²) in [6.45, 7) is 3.39. The van der Waals surface area contributed by atoms with E-state index < -0.39 is 0 Å². The number of fused-ring (bicyclic) bond motifs is 1. The van der Waals surface area contributed by atoms with Crippen molar-refractivity contribution < 1.29 is 28.5 Å². The topological polar surface area (TPSA) is 63.2 Å². The summed E-state index contributed by atoms with van der Waals surface area (Å²) in [6.07, 6.45) is 0. The van der Waals surface area contributed by atoms with Crippen LogP contribution in [-0.4, -0.2) is 58.6 Å². The number of hydrogen-bond acceptors (Lipinski definition) is 8. The van der Waals surface area contributed by atoms with Gasteiger partial charge in [0.15, 0.2) is 0 Å². The SMILES string of the molecule is O=C1c2c3cccc2C(=C2Sc4ccccc4S2)c2cccc(c21)OCCOCCOCCOCCO3. The van der Waals surface area contributed by atoms with Gasteiger partial charge in [-0.2, -0.15) is 0 Å². The summed E-state index contributed by atoms with van der Waals surface area (Å²) in [5.41, 5.74) is 3.91. The summed E-state index contributed by atoms with van der Waals surface area (Å²) in [7, 11) is 0. The van der Waals surface area contributed by atoms with Gasteiger partial charge in [0.25, 0.3) is 0 Å². The molecular formula is C29H26O6S2. The number of carbonyl (C=O) groups excluding carboxylic acids is 1. The summed E-state index contributed by atoms with van der Waals surface area (Å²) < 4.78 is 30.2. The lowest BCUT2D eigenvalue weighted by Crippen LogP contribution is -2.20. The Morgan fingerprint density at radius 1 is 0.541 bits per heavy atom. The van der Waals surface area contributed by atoms with Gasteiger partial charge >= 0.3 is 0 Å². The van der Waals surface area contributed by atoms with E-state index in [-0.39, 0.29) is 5.78 Å². The van der Waals surface area contributed by atoms with Crippen LogP contribution in [0.4, 0.5) is 0 Å². The summed E-state index contributed by atoms with van der Waals surface area (Å²) in [5.74, 6) is 1.01. The Morgan fingerprint density at radius 2 is 1.00 bits per heavy atom. The second kappa shape index (κ2) is 11.3. The first-order valence-electron chi connectivity index (χ1n) is 12.3. The molecule has 0 saturated carbocycles. The van der Waals surface area contributed by atoms with E-state index in [1.165, 1.54) is 9.79 Å². The molecule has 0 spiro atoms. The molecule has 6 rings (SSSR count). The summed E-state index contributed by atoms with van der Waals surface area (Å²) in [5, 5.41) is 0. The van der Waals surface area contributed by atoms with Gasteiger partial charge in [-0.25, -0.2) is 0 Å². The van der Waals surface area contributed by atoms with Gasteiger partial charge in [-0.05, 0) is 35.4 Å². The van der Waals surface area contributed by atoms with Gasteiger partial charge in [0, 0.05) is 15.4 Å². The van der Waals surface area contributed by atoms with Gasteiger partial charge in [-0.3, -0.25) is 4.79 Å². The van der Waals surface area contributed by atoms with E-state index in [2.05, 4.69) is 24.3 Å². The third-order valence-corrected chi connectivity index (χ3v) is 8.78. The zero-order valence-electron chi connectivity index (χ0n) is 20.2. The molecule has 0 N–H and O–H groups in total. The van der Waals surface area contributed by atoms with Gasteiger partial charge in [-0.15, -0.1) is 0 Å². The van der Waals surface area contributed by atoms with E-state index >= 15 is 0 Å². The van der Waals surface area contributed by atoms with Crippen LogP contribution >= 0.6 is 23.5 Å². The highest BCUT2D eigenvalue weighted by molar-refractivity contribution is 8.25. The number of ketones is 1. The van der Waals surface area contributed by atoms with E-state index in [9.17, 15) is 4.79 Å². The Balaban J connectivity index is 1.46. The highest BCUT2D eigenvalue weighted by Gasteiger charge is 2.35. The fourth-order valence-corrected chi connectivity index (χ4v) is 7.21. The van der Waals surface area contributed by atoms with Crippen LogP contribution in [0, 0.1) is 0 Å². The lowest BCUT2D eigenvalue weighted by molar-refractivity contribution is 0.00483. The molecule has 8 heteroatoms. The van der Waals surface area contributed by atoms with Crippen molar-refractivity contribution in [3.05, 3.63) is 87.2 Å². The molecule has 0 saturated heterocycles. The molecule has 2 heterocycles. The normalized spacial score (nSPS) is 18.3. The molecule has 3 aromatic rings. The predicted octanol–water partition coefficient (Wildman–Crippen LogP) is 5.67. The van der Waals surface area contributed by atoms with E-state index in [4.69, 9.17) is 23.7 Å². The Morgan fingerprint density at radius 3 is 1.49 bits per heavy atom. The lowest BCUT2D eigenvalue weighted by Gasteiger charge is -2.26. The Labute approximate surface area is 224 Å². The predicted molar refractivity (Wildman–Crippen MR) is 144 cm³/mol. The molecule has 2 bridgehead atoms. The van der Waals surface area contributed by atoms with E-state index in [0.717, 1.165) is 20.9 Å². The smallest absolute Gasteiger partial charge is 0.201 e. The molecule has 3 aliphatic rings. The van der Waals surface area contributed by atoms with Gasteiger partial charge in [0.05, 0.1) is 55.0 Å². The van der Waals surface area contributed by atoms with Crippen LogP contribution in [0.1, 0.15) is 27.0 Å². The third kappa shape index (κ3) is 5.04. The minimum Gasteiger partial charge on any atom is -0.490 e. The molecule has 0 aromatic heterocycles. The molecule has 37 heavy (non-hydrogen) atoms. The Kier molecular flexibility index (Phi) is 7.53. The van der Waals surface area contributed by atoms with Crippen molar-refractivity contribution in [1.29, 1.82) is 0 Å². The van der Waals surface area contributed by atoms with Crippen LogP contribution in [-0.2, 0) is 14.2 Å². The first-order valence-corrected chi connectivity index (χ1v) is 13.9. The number of benzene rings is 3. The zero-order chi connectivity index (χ0) is 25.0. The molecule has 1 aliphatic carbocycles. The molecule has 0 unspecified atom stereocenters.